The van der Waals surface area contributed by atoms with E-state index in [2.05, 4.69) is 34.9 Å². The van der Waals surface area contributed by atoms with Crippen molar-refractivity contribution in [1.82, 2.24) is 19.6 Å². The predicted octanol–water partition coefficient (Wildman–Crippen LogP) is 1.03. The van der Waals surface area contributed by atoms with Gasteiger partial charge in [0.25, 0.3) is 0 Å². The minimum atomic E-state index is -0.315. The Kier molecular flexibility index (Phi) is 5.36. The van der Waals surface area contributed by atoms with Crippen LogP contribution in [0.25, 0.3) is 0 Å². The molecule has 2 aliphatic rings. The average molecular weight is 322 g/mol. The van der Waals surface area contributed by atoms with E-state index in [0.717, 1.165) is 39.1 Å². The average Bonchev–Trinajstić information content (AvgIpc) is 3.06. The first kappa shape index (κ1) is 16.9. The van der Waals surface area contributed by atoms with Crippen LogP contribution in [0.5, 0.6) is 0 Å². The van der Waals surface area contributed by atoms with E-state index in [1.807, 2.05) is 17.9 Å². The lowest BCUT2D eigenvalue weighted by Crippen LogP contribution is -2.49. The molecule has 2 aliphatic heterocycles. The van der Waals surface area contributed by atoms with Crippen molar-refractivity contribution in [3.05, 3.63) is 18.0 Å². The largest absolute Gasteiger partial charge is 0.390 e. The van der Waals surface area contributed by atoms with Crippen LogP contribution in [0.4, 0.5) is 0 Å². The monoisotopic (exact) mass is 322 g/mol. The van der Waals surface area contributed by atoms with Crippen molar-refractivity contribution in [2.24, 2.45) is 7.05 Å². The normalized spacial score (nSPS) is 31.6. The number of aromatic nitrogens is 2. The van der Waals surface area contributed by atoms with Crippen molar-refractivity contribution in [3.8, 4) is 0 Å². The molecule has 0 aliphatic carbocycles. The summed E-state index contributed by atoms with van der Waals surface area (Å²) in [6.07, 6.45) is 6.59. The molecule has 6 nitrogen and oxygen atoms in total. The van der Waals surface area contributed by atoms with Crippen LogP contribution in [-0.4, -0.2) is 75.7 Å². The first-order valence-corrected chi connectivity index (χ1v) is 8.79. The van der Waals surface area contributed by atoms with Gasteiger partial charge in [0.05, 0.1) is 24.5 Å². The van der Waals surface area contributed by atoms with E-state index in [-0.39, 0.29) is 18.3 Å². The van der Waals surface area contributed by atoms with Crippen LogP contribution in [0.1, 0.15) is 38.3 Å². The Morgan fingerprint density at radius 1 is 1.30 bits per heavy atom. The summed E-state index contributed by atoms with van der Waals surface area (Å²) in [6, 6.07) is 0.404. The van der Waals surface area contributed by atoms with E-state index in [1.165, 1.54) is 12.0 Å². The topological polar surface area (TPSA) is 53.8 Å². The summed E-state index contributed by atoms with van der Waals surface area (Å²) in [4.78, 5) is 4.74. The molecule has 0 radical (unpaired) electrons. The van der Waals surface area contributed by atoms with E-state index in [0.29, 0.717) is 6.04 Å². The molecule has 23 heavy (non-hydrogen) atoms. The van der Waals surface area contributed by atoms with Gasteiger partial charge in [-0.1, -0.05) is 0 Å². The summed E-state index contributed by atoms with van der Waals surface area (Å²) >= 11 is 0. The third-order valence-electron chi connectivity index (χ3n) is 4.88. The predicted molar refractivity (Wildman–Crippen MR) is 89.2 cm³/mol. The number of nitrogens with zero attached hydrogens (tertiary/aromatic N) is 4. The molecule has 2 fully saturated rings. The van der Waals surface area contributed by atoms with Crippen molar-refractivity contribution < 1.29 is 9.84 Å². The van der Waals surface area contributed by atoms with Gasteiger partial charge in [0.15, 0.2) is 0 Å². The van der Waals surface area contributed by atoms with Crippen molar-refractivity contribution >= 4 is 0 Å². The van der Waals surface area contributed by atoms with E-state index in [4.69, 9.17) is 4.74 Å². The number of aliphatic hydroxyl groups excluding tert-OH is 1. The zero-order valence-corrected chi connectivity index (χ0v) is 14.6. The second-order valence-corrected chi connectivity index (χ2v) is 7.23. The molecule has 0 amide bonds. The molecule has 4 atom stereocenters. The highest BCUT2D eigenvalue weighted by Gasteiger charge is 2.30. The van der Waals surface area contributed by atoms with Crippen molar-refractivity contribution in [2.75, 3.05) is 32.7 Å². The summed E-state index contributed by atoms with van der Waals surface area (Å²) in [6.45, 7) is 8.56. The molecule has 1 aromatic heterocycles. The van der Waals surface area contributed by atoms with E-state index in [1.54, 1.807) is 0 Å². The van der Waals surface area contributed by atoms with Gasteiger partial charge in [-0.25, -0.2) is 0 Å². The highest BCUT2D eigenvalue weighted by atomic mass is 16.5. The Morgan fingerprint density at radius 2 is 2.04 bits per heavy atom. The van der Waals surface area contributed by atoms with Crippen LogP contribution in [-0.2, 0) is 11.8 Å². The van der Waals surface area contributed by atoms with Gasteiger partial charge in [0, 0.05) is 51.0 Å². The fourth-order valence-electron chi connectivity index (χ4n) is 4.09. The van der Waals surface area contributed by atoms with Crippen LogP contribution >= 0.6 is 0 Å². The first-order chi connectivity index (χ1) is 11.0. The van der Waals surface area contributed by atoms with E-state index in [9.17, 15) is 5.11 Å². The third kappa shape index (κ3) is 4.32. The van der Waals surface area contributed by atoms with Gasteiger partial charge < -0.3 is 9.84 Å². The zero-order valence-electron chi connectivity index (χ0n) is 14.6. The molecular formula is C17H30N4O2. The van der Waals surface area contributed by atoms with Gasteiger partial charge in [0.2, 0.25) is 0 Å². The van der Waals surface area contributed by atoms with Gasteiger partial charge in [-0.15, -0.1) is 0 Å². The molecule has 2 saturated heterocycles. The summed E-state index contributed by atoms with van der Waals surface area (Å²) in [7, 11) is 1.96. The fraction of sp³-hybridized carbons (Fsp3) is 0.824. The zero-order chi connectivity index (χ0) is 16.4. The minimum Gasteiger partial charge on any atom is -0.390 e. The molecule has 1 aromatic rings. The molecule has 0 unspecified atom stereocenters. The molecule has 130 valence electrons. The van der Waals surface area contributed by atoms with Gasteiger partial charge in [-0.05, 0) is 33.2 Å². The molecule has 0 spiro atoms. The quantitative estimate of drug-likeness (QED) is 0.877. The summed E-state index contributed by atoms with van der Waals surface area (Å²) < 4.78 is 7.63. The molecule has 0 saturated carbocycles. The smallest absolute Gasteiger partial charge is 0.0794 e. The molecule has 0 aromatic carbocycles. The maximum absolute atomic E-state index is 10.6. The lowest BCUT2D eigenvalue weighted by molar-refractivity contribution is -0.0782. The molecule has 6 heteroatoms. The van der Waals surface area contributed by atoms with E-state index < -0.39 is 0 Å². The summed E-state index contributed by atoms with van der Waals surface area (Å²) in [5, 5.41) is 14.8. The highest BCUT2D eigenvalue weighted by molar-refractivity contribution is 5.12. The Morgan fingerprint density at radius 3 is 2.70 bits per heavy atom. The Hall–Kier alpha value is -0.950. The maximum Gasteiger partial charge on any atom is 0.0794 e. The second-order valence-electron chi connectivity index (χ2n) is 7.23. The third-order valence-corrected chi connectivity index (χ3v) is 4.88. The second kappa shape index (κ2) is 7.30. The van der Waals surface area contributed by atoms with Gasteiger partial charge in [0.1, 0.15) is 0 Å². The molecule has 1 N–H and O–H groups in total. The Bertz CT molecular complexity index is 497. The Balaban J connectivity index is 1.53. The fourth-order valence-corrected chi connectivity index (χ4v) is 4.09. The number of aliphatic hydroxyl groups is 1. The molecule has 3 heterocycles. The number of hydrogen-bond acceptors (Lipinski definition) is 5. The molecular weight excluding hydrogens is 292 g/mol. The number of aryl methyl sites for hydroxylation is 1. The number of morpholine rings is 1. The van der Waals surface area contributed by atoms with Gasteiger partial charge >= 0.3 is 0 Å². The van der Waals surface area contributed by atoms with Crippen LogP contribution < -0.4 is 0 Å². The summed E-state index contributed by atoms with van der Waals surface area (Å²) in [5.74, 6) is 0. The lowest BCUT2D eigenvalue weighted by Gasteiger charge is -2.37. The molecule has 0 bridgehead atoms. The number of hydrogen-bond donors (Lipinski definition) is 1. The molecule has 3 rings (SSSR count). The SMILES string of the molecule is C[C@@H]1CN(C[C@H](O)CN2CCC[C@H]2c2cnn(C)c2)C[C@H](C)O1. The number of rotatable bonds is 5. The van der Waals surface area contributed by atoms with Crippen molar-refractivity contribution in [3.63, 3.8) is 0 Å². The van der Waals surface area contributed by atoms with Crippen LogP contribution in [0.15, 0.2) is 12.4 Å². The number of likely N-dealkylation sites (tertiary alicyclic amines) is 1. The van der Waals surface area contributed by atoms with Crippen molar-refractivity contribution in [2.45, 2.75) is 51.0 Å². The van der Waals surface area contributed by atoms with E-state index >= 15 is 0 Å². The lowest BCUT2D eigenvalue weighted by atomic mass is 10.1. The Labute approximate surface area is 139 Å². The highest BCUT2D eigenvalue weighted by Crippen LogP contribution is 2.31. The first-order valence-electron chi connectivity index (χ1n) is 8.79. The van der Waals surface area contributed by atoms with Crippen LogP contribution in [0, 0.1) is 0 Å². The summed E-state index contributed by atoms with van der Waals surface area (Å²) in [5.41, 5.74) is 1.27. The van der Waals surface area contributed by atoms with Crippen molar-refractivity contribution in [1.29, 1.82) is 0 Å². The number of β-amino-alcohol motifs (C(OH)–C–C–N with tert-alkyl or cyclic N) is 1. The number of ether oxygens (including phenoxy) is 1. The van der Waals surface area contributed by atoms with Gasteiger partial charge in [-0.2, -0.15) is 5.10 Å². The standard InChI is InChI=1S/C17H30N4O2/c1-13-8-20(9-14(2)23-13)11-16(22)12-21-6-4-5-17(21)15-7-18-19(3)10-15/h7,10,13-14,16-17,22H,4-6,8-9,11-12H2,1-3H3/t13-,14+,16-,17-/m0/s1. The minimum absolute atomic E-state index is 0.251. The van der Waals surface area contributed by atoms with Gasteiger partial charge in [-0.3, -0.25) is 14.5 Å². The van der Waals surface area contributed by atoms with Crippen LogP contribution in [0.3, 0.4) is 0 Å². The maximum atomic E-state index is 10.6. The van der Waals surface area contributed by atoms with Crippen LogP contribution in [0.2, 0.25) is 0 Å².